The van der Waals surface area contributed by atoms with Gasteiger partial charge in [-0.1, -0.05) is 70.5 Å². The first-order chi connectivity index (χ1) is 14.5. The summed E-state index contributed by atoms with van der Waals surface area (Å²) < 4.78 is 6.08. The van der Waals surface area contributed by atoms with Crippen molar-refractivity contribution in [2.45, 2.75) is 19.2 Å². The molecule has 3 aromatic carbocycles. The molecule has 0 heterocycles. The summed E-state index contributed by atoms with van der Waals surface area (Å²) in [5.41, 5.74) is 8.64. The van der Waals surface area contributed by atoms with Gasteiger partial charge in [0.25, 0.3) is 5.91 Å². The summed E-state index contributed by atoms with van der Waals surface area (Å²) >= 11 is 3.40. The molecule has 7 heteroatoms. The number of hydrogen-bond donors (Lipinski definition) is 3. The average Bonchev–Trinajstić information content (AvgIpc) is 2.76. The predicted molar refractivity (Wildman–Crippen MR) is 120 cm³/mol. The molecule has 0 bridgehead atoms. The summed E-state index contributed by atoms with van der Waals surface area (Å²) in [6.07, 6.45) is -0.685. The van der Waals surface area contributed by atoms with Gasteiger partial charge in [0.2, 0.25) is 0 Å². The Balaban J connectivity index is 1.74. The summed E-state index contributed by atoms with van der Waals surface area (Å²) in [7, 11) is 0. The van der Waals surface area contributed by atoms with Crippen LogP contribution in [0.5, 0.6) is 0 Å². The third-order valence-electron chi connectivity index (χ3n) is 4.35. The van der Waals surface area contributed by atoms with Crippen LogP contribution in [0.3, 0.4) is 0 Å². The minimum atomic E-state index is -0.938. The maximum absolute atomic E-state index is 13.0. The topological polar surface area (TPSA) is 93.5 Å². The lowest BCUT2D eigenvalue weighted by molar-refractivity contribution is -0.118. The van der Waals surface area contributed by atoms with E-state index in [2.05, 4.69) is 26.6 Å². The first kappa shape index (κ1) is 21.5. The Bertz CT molecular complexity index is 1010. The molecule has 6 nitrogen and oxygen atoms in total. The smallest absolute Gasteiger partial charge is 0.408 e. The number of hydrogen-bond acceptors (Lipinski definition) is 4. The van der Waals surface area contributed by atoms with Crippen molar-refractivity contribution < 1.29 is 14.3 Å². The van der Waals surface area contributed by atoms with Crippen LogP contribution in [0.25, 0.3) is 0 Å². The van der Waals surface area contributed by atoms with E-state index in [1.165, 1.54) is 0 Å². The van der Waals surface area contributed by atoms with Crippen LogP contribution in [0.4, 0.5) is 10.5 Å². The fourth-order valence-corrected chi connectivity index (χ4v) is 3.28. The summed E-state index contributed by atoms with van der Waals surface area (Å²) in [6, 6.07) is 22.8. The van der Waals surface area contributed by atoms with E-state index in [1.807, 2.05) is 48.5 Å². The number of carbonyl (C=O) groups is 2. The minimum absolute atomic E-state index is 0.109. The van der Waals surface area contributed by atoms with Crippen LogP contribution in [0, 0.1) is 0 Å². The van der Waals surface area contributed by atoms with Gasteiger partial charge in [-0.05, 0) is 41.0 Å². The molecule has 0 unspecified atom stereocenters. The van der Waals surface area contributed by atoms with Crippen molar-refractivity contribution >= 4 is 33.6 Å². The van der Waals surface area contributed by atoms with Crippen molar-refractivity contribution in [3.8, 4) is 0 Å². The first-order valence-corrected chi connectivity index (χ1v) is 10.2. The number of nitrogens with one attached hydrogen (secondary N) is 2. The lowest BCUT2D eigenvalue weighted by Crippen LogP contribution is -2.37. The molecule has 0 aliphatic carbocycles. The van der Waals surface area contributed by atoms with Gasteiger partial charge in [0.15, 0.2) is 0 Å². The maximum Gasteiger partial charge on any atom is 0.408 e. The normalized spacial score (nSPS) is 11.4. The fourth-order valence-electron chi connectivity index (χ4n) is 2.86. The number of amides is 2. The summed E-state index contributed by atoms with van der Waals surface area (Å²) in [6.45, 7) is 0.473. The van der Waals surface area contributed by atoms with Gasteiger partial charge in [0, 0.05) is 16.7 Å². The van der Waals surface area contributed by atoms with Gasteiger partial charge in [0.05, 0.1) is 0 Å². The van der Waals surface area contributed by atoms with Gasteiger partial charge in [-0.15, -0.1) is 0 Å². The van der Waals surface area contributed by atoms with Crippen LogP contribution in [0.1, 0.15) is 22.7 Å². The van der Waals surface area contributed by atoms with Crippen LogP contribution >= 0.6 is 15.9 Å². The van der Waals surface area contributed by atoms with Crippen LogP contribution in [0.15, 0.2) is 83.3 Å². The highest BCUT2D eigenvalue weighted by atomic mass is 79.9. The number of rotatable bonds is 7. The SMILES string of the molecule is NCc1cccc(NC(=O)[C@@H](NC(=O)OCc2ccccc2)c2cccc(Br)c2)c1. The van der Waals surface area contributed by atoms with Gasteiger partial charge >= 0.3 is 6.09 Å². The van der Waals surface area contributed by atoms with Crippen molar-refractivity contribution in [1.82, 2.24) is 5.32 Å². The number of benzene rings is 3. The standard InChI is InChI=1S/C23H22BrN3O3/c24-19-10-5-9-18(13-19)21(22(28)26-20-11-4-8-17(12-20)14-25)27-23(29)30-15-16-6-2-1-3-7-16/h1-13,21H,14-15,25H2,(H,26,28)(H,27,29)/t21-/m0/s1. The van der Waals surface area contributed by atoms with E-state index in [1.54, 1.807) is 30.3 Å². The second-order valence-electron chi connectivity index (χ2n) is 6.59. The number of carbonyl (C=O) groups excluding carboxylic acids is 2. The molecule has 1 atom stereocenters. The molecule has 4 N–H and O–H groups in total. The molecule has 30 heavy (non-hydrogen) atoms. The lowest BCUT2D eigenvalue weighted by Gasteiger charge is -2.19. The molecule has 154 valence electrons. The van der Waals surface area contributed by atoms with Gasteiger partial charge in [-0.2, -0.15) is 0 Å². The van der Waals surface area contributed by atoms with E-state index in [9.17, 15) is 9.59 Å². The molecule has 3 aromatic rings. The molecule has 0 aromatic heterocycles. The molecular formula is C23H22BrN3O3. The highest BCUT2D eigenvalue weighted by molar-refractivity contribution is 9.10. The quantitative estimate of drug-likeness (QED) is 0.476. The number of alkyl carbamates (subject to hydrolysis) is 1. The van der Waals surface area contributed by atoms with Crippen molar-refractivity contribution in [1.29, 1.82) is 0 Å². The van der Waals surface area contributed by atoms with Gasteiger partial charge in [-0.3, -0.25) is 4.79 Å². The van der Waals surface area contributed by atoms with Crippen molar-refractivity contribution in [3.05, 3.63) is 100 Å². The Morgan fingerprint density at radius 1 is 0.933 bits per heavy atom. The van der Waals surface area contributed by atoms with Crippen LogP contribution in [-0.2, 0) is 22.7 Å². The Morgan fingerprint density at radius 2 is 1.67 bits per heavy atom. The molecule has 0 saturated carbocycles. The molecule has 3 rings (SSSR count). The predicted octanol–water partition coefficient (Wildman–Crippen LogP) is 4.51. The van der Waals surface area contributed by atoms with Crippen molar-refractivity contribution in [2.75, 3.05) is 5.32 Å². The molecule has 0 fully saturated rings. The zero-order chi connectivity index (χ0) is 21.3. The first-order valence-electron chi connectivity index (χ1n) is 9.37. The Labute approximate surface area is 183 Å². The van der Waals surface area contributed by atoms with Crippen LogP contribution < -0.4 is 16.4 Å². The summed E-state index contributed by atoms with van der Waals surface area (Å²) in [5, 5.41) is 5.49. The van der Waals surface area contributed by atoms with E-state index >= 15 is 0 Å². The number of halogens is 1. The summed E-state index contributed by atoms with van der Waals surface area (Å²) in [5.74, 6) is -0.390. The summed E-state index contributed by atoms with van der Waals surface area (Å²) in [4.78, 5) is 25.4. The Hall–Kier alpha value is -3.16. The molecule has 0 saturated heterocycles. The minimum Gasteiger partial charge on any atom is -0.445 e. The molecule has 0 aliphatic rings. The average molecular weight is 468 g/mol. The number of ether oxygens (including phenoxy) is 1. The van der Waals surface area contributed by atoms with Crippen molar-refractivity contribution in [2.24, 2.45) is 5.73 Å². The Morgan fingerprint density at radius 3 is 2.40 bits per heavy atom. The second-order valence-corrected chi connectivity index (χ2v) is 7.50. The second kappa shape index (κ2) is 10.6. The van der Waals surface area contributed by atoms with Gasteiger partial charge in [0.1, 0.15) is 12.6 Å². The zero-order valence-corrected chi connectivity index (χ0v) is 17.8. The van der Waals surface area contributed by atoms with E-state index in [-0.39, 0.29) is 12.5 Å². The van der Waals surface area contributed by atoms with E-state index < -0.39 is 12.1 Å². The third kappa shape index (κ3) is 6.17. The number of nitrogens with two attached hydrogens (primary N) is 1. The van der Waals surface area contributed by atoms with Crippen LogP contribution in [0.2, 0.25) is 0 Å². The molecule has 2 amide bonds. The highest BCUT2D eigenvalue weighted by Crippen LogP contribution is 2.21. The van der Waals surface area contributed by atoms with Crippen molar-refractivity contribution in [3.63, 3.8) is 0 Å². The fraction of sp³-hybridized carbons (Fsp3) is 0.130. The highest BCUT2D eigenvalue weighted by Gasteiger charge is 2.24. The molecular weight excluding hydrogens is 446 g/mol. The van der Waals surface area contributed by atoms with E-state index in [4.69, 9.17) is 10.5 Å². The van der Waals surface area contributed by atoms with Gasteiger partial charge < -0.3 is 21.1 Å². The monoisotopic (exact) mass is 467 g/mol. The zero-order valence-electron chi connectivity index (χ0n) is 16.2. The Kier molecular flexibility index (Phi) is 7.59. The van der Waals surface area contributed by atoms with Crippen LogP contribution in [-0.4, -0.2) is 12.0 Å². The number of anilines is 1. The molecule has 0 spiro atoms. The maximum atomic E-state index is 13.0. The van der Waals surface area contributed by atoms with E-state index in [0.717, 1.165) is 15.6 Å². The third-order valence-corrected chi connectivity index (χ3v) is 4.84. The lowest BCUT2D eigenvalue weighted by atomic mass is 10.1. The van der Waals surface area contributed by atoms with Gasteiger partial charge in [-0.25, -0.2) is 4.79 Å². The van der Waals surface area contributed by atoms with E-state index in [0.29, 0.717) is 17.8 Å². The molecule has 0 aliphatic heterocycles. The molecule has 0 radical (unpaired) electrons. The largest absolute Gasteiger partial charge is 0.445 e.